The molecular weight excluding hydrogens is 396 g/mol. The molecule has 0 aliphatic carbocycles. The van der Waals surface area contributed by atoms with Crippen molar-refractivity contribution in [1.82, 2.24) is 19.9 Å². The first-order valence-corrected chi connectivity index (χ1v) is 10.5. The van der Waals surface area contributed by atoms with Crippen molar-refractivity contribution in [2.75, 3.05) is 30.4 Å². The number of pyridine rings is 1. The quantitative estimate of drug-likeness (QED) is 0.575. The van der Waals surface area contributed by atoms with Crippen LogP contribution in [0.4, 0.5) is 11.4 Å². The first kappa shape index (κ1) is 20.6. The van der Waals surface area contributed by atoms with Gasteiger partial charge in [-0.1, -0.05) is 0 Å². The maximum atomic E-state index is 12.4. The van der Waals surface area contributed by atoms with Crippen molar-refractivity contribution in [3.63, 3.8) is 0 Å². The molecule has 0 spiro atoms. The number of benzene rings is 1. The summed E-state index contributed by atoms with van der Waals surface area (Å²) in [6.45, 7) is 3.85. The standard InChI is InChI=1S/C22H26N6O3/c1-3-28-21(30)17-6-4-15(12-19(17)26-22(28)31)25-14-8-10-27(11-9-14)16-5-7-18(24-13-16)20(29)23-2/h4-7,12-14,25H,3,8-11H2,1-2H3,(H,23,29)(H,26,31). The largest absolute Gasteiger partial charge is 0.382 e. The maximum Gasteiger partial charge on any atom is 0.328 e. The molecule has 0 unspecified atom stereocenters. The number of carbonyl (C=O) groups is 1. The van der Waals surface area contributed by atoms with Gasteiger partial charge in [-0.3, -0.25) is 14.2 Å². The summed E-state index contributed by atoms with van der Waals surface area (Å²) in [6, 6.07) is 9.42. The second kappa shape index (κ2) is 8.63. The SMILES string of the molecule is CCn1c(=O)[nH]c2cc(NC3CCN(c4ccc(C(=O)NC)nc4)CC3)ccc2c1=O. The summed E-state index contributed by atoms with van der Waals surface area (Å²) in [5.74, 6) is -0.195. The Hall–Kier alpha value is -3.62. The predicted octanol–water partition coefficient (Wildman–Crippen LogP) is 1.55. The van der Waals surface area contributed by atoms with Gasteiger partial charge in [-0.05, 0) is 50.1 Å². The second-order valence-electron chi connectivity index (χ2n) is 7.63. The highest BCUT2D eigenvalue weighted by Gasteiger charge is 2.20. The number of aromatic nitrogens is 3. The zero-order valence-electron chi connectivity index (χ0n) is 17.6. The summed E-state index contributed by atoms with van der Waals surface area (Å²) in [7, 11) is 1.59. The highest BCUT2D eigenvalue weighted by molar-refractivity contribution is 5.92. The minimum absolute atomic E-state index is 0.195. The Morgan fingerprint density at radius 3 is 2.61 bits per heavy atom. The summed E-state index contributed by atoms with van der Waals surface area (Å²) in [5, 5.41) is 6.60. The van der Waals surface area contributed by atoms with E-state index in [1.807, 2.05) is 18.2 Å². The molecule has 31 heavy (non-hydrogen) atoms. The van der Waals surface area contributed by atoms with Gasteiger partial charge in [0, 0.05) is 38.4 Å². The van der Waals surface area contributed by atoms with E-state index >= 15 is 0 Å². The Kier molecular flexibility index (Phi) is 5.75. The lowest BCUT2D eigenvalue weighted by Gasteiger charge is -2.34. The van der Waals surface area contributed by atoms with Gasteiger partial charge in [0.05, 0.1) is 22.8 Å². The summed E-state index contributed by atoms with van der Waals surface area (Å²) < 4.78 is 1.20. The lowest BCUT2D eigenvalue weighted by Crippen LogP contribution is -2.39. The van der Waals surface area contributed by atoms with Crippen LogP contribution in [0.15, 0.2) is 46.1 Å². The minimum atomic E-state index is -0.387. The van der Waals surface area contributed by atoms with Crippen LogP contribution < -0.4 is 26.8 Å². The first-order chi connectivity index (χ1) is 15.0. The van der Waals surface area contributed by atoms with E-state index in [9.17, 15) is 14.4 Å². The number of H-pyrrole nitrogens is 1. The van der Waals surface area contributed by atoms with Crippen molar-refractivity contribution in [1.29, 1.82) is 0 Å². The summed E-state index contributed by atoms with van der Waals surface area (Å²) in [4.78, 5) is 45.4. The van der Waals surface area contributed by atoms with Crippen LogP contribution in [0.3, 0.4) is 0 Å². The van der Waals surface area contributed by atoms with Crippen molar-refractivity contribution in [2.45, 2.75) is 32.4 Å². The fourth-order valence-electron chi connectivity index (χ4n) is 3.98. The zero-order valence-corrected chi connectivity index (χ0v) is 17.6. The average Bonchev–Trinajstić information content (AvgIpc) is 2.79. The number of nitrogens with one attached hydrogen (secondary N) is 3. The number of anilines is 2. The molecule has 9 heteroatoms. The highest BCUT2D eigenvalue weighted by Crippen LogP contribution is 2.23. The van der Waals surface area contributed by atoms with Crippen LogP contribution in [0.25, 0.3) is 10.9 Å². The van der Waals surface area contributed by atoms with Crippen LogP contribution in [0.5, 0.6) is 0 Å². The molecule has 162 valence electrons. The topological polar surface area (TPSA) is 112 Å². The van der Waals surface area contributed by atoms with Crippen LogP contribution in [0, 0.1) is 0 Å². The van der Waals surface area contributed by atoms with Gasteiger partial charge in [-0.2, -0.15) is 0 Å². The highest BCUT2D eigenvalue weighted by atomic mass is 16.2. The number of piperidine rings is 1. The molecule has 3 N–H and O–H groups in total. The van der Waals surface area contributed by atoms with E-state index in [0.29, 0.717) is 23.1 Å². The molecule has 1 aliphatic heterocycles. The normalized spacial score (nSPS) is 14.6. The summed E-state index contributed by atoms with van der Waals surface area (Å²) >= 11 is 0. The van der Waals surface area contributed by atoms with Gasteiger partial charge < -0.3 is 20.5 Å². The number of aromatic amines is 1. The first-order valence-electron chi connectivity index (χ1n) is 10.5. The monoisotopic (exact) mass is 422 g/mol. The lowest BCUT2D eigenvalue weighted by molar-refractivity contribution is 0.0958. The Morgan fingerprint density at radius 1 is 1.19 bits per heavy atom. The molecule has 3 heterocycles. The van der Waals surface area contributed by atoms with E-state index in [1.54, 1.807) is 32.3 Å². The van der Waals surface area contributed by atoms with E-state index in [1.165, 1.54) is 4.57 Å². The fraction of sp³-hybridized carbons (Fsp3) is 0.364. The van der Waals surface area contributed by atoms with Gasteiger partial charge in [-0.15, -0.1) is 0 Å². The molecule has 4 rings (SSSR count). The number of rotatable bonds is 5. The van der Waals surface area contributed by atoms with Crippen LogP contribution in [0.1, 0.15) is 30.3 Å². The molecule has 0 bridgehead atoms. The Balaban J connectivity index is 1.42. The average molecular weight is 422 g/mol. The molecule has 2 aromatic heterocycles. The van der Waals surface area contributed by atoms with Crippen molar-refractivity contribution < 1.29 is 4.79 Å². The number of carbonyl (C=O) groups excluding carboxylic acids is 1. The lowest BCUT2D eigenvalue weighted by atomic mass is 10.0. The number of hydrogen-bond donors (Lipinski definition) is 3. The molecule has 0 radical (unpaired) electrons. The maximum absolute atomic E-state index is 12.4. The number of nitrogens with zero attached hydrogens (tertiary/aromatic N) is 3. The third-order valence-corrected chi connectivity index (χ3v) is 5.74. The van der Waals surface area contributed by atoms with Crippen LogP contribution in [0.2, 0.25) is 0 Å². The Morgan fingerprint density at radius 2 is 1.97 bits per heavy atom. The fourth-order valence-corrected chi connectivity index (χ4v) is 3.98. The van der Waals surface area contributed by atoms with Gasteiger partial charge in [0.1, 0.15) is 5.69 Å². The van der Waals surface area contributed by atoms with Gasteiger partial charge in [-0.25, -0.2) is 9.78 Å². The molecule has 1 aliphatic rings. The molecule has 1 amide bonds. The van der Waals surface area contributed by atoms with E-state index in [2.05, 4.69) is 25.5 Å². The van der Waals surface area contributed by atoms with Gasteiger partial charge in [0.15, 0.2) is 0 Å². The third kappa shape index (κ3) is 4.16. The molecule has 0 saturated carbocycles. The third-order valence-electron chi connectivity index (χ3n) is 5.74. The van der Waals surface area contributed by atoms with E-state index in [-0.39, 0.29) is 23.2 Å². The Labute approximate surface area is 179 Å². The van der Waals surface area contributed by atoms with Gasteiger partial charge in [0.2, 0.25) is 0 Å². The van der Waals surface area contributed by atoms with Crippen molar-refractivity contribution in [2.24, 2.45) is 0 Å². The smallest absolute Gasteiger partial charge is 0.328 e. The molecule has 9 nitrogen and oxygen atoms in total. The van der Waals surface area contributed by atoms with Crippen molar-refractivity contribution in [3.05, 3.63) is 63.1 Å². The van der Waals surface area contributed by atoms with Crippen LogP contribution in [-0.4, -0.2) is 46.6 Å². The van der Waals surface area contributed by atoms with Crippen LogP contribution >= 0.6 is 0 Å². The van der Waals surface area contributed by atoms with Crippen molar-refractivity contribution >= 4 is 28.2 Å². The summed E-state index contributed by atoms with van der Waals surface area (Å²) in [5.41, 5.74) is 2.18. The predicted molar refractivity (Wildman–Crippen MR) is 121 cm³/mol. The van der Waals surface area contributed by atoms with E-state index < -0.39 is 0 Å². The van der Waals surface area contributed by atoms with E-state index in [0.717, 1.165) is 37.3 Å². The molecule has 3 aromatic rings. The zero-order chi connectivity index (χ0) is 22.0. The molecule has 1 saturated heterocycles. The van der Waals surface area contributed by atoms with Gasteiger partial charge in [0.25, 0.3) is 11.5 Å². The number of hydrogen-bond acceptors (Lipinski definition) is 6. The van der Waals surface area contributed by atoms with Crippen molar-refractivity contribution in [3.8, 4) is 0 Å². The van der Waals surface area contributed by atoms with E-state index in [4.69, 9.17) is 0 Å². The number of fused-ring (bicyclic) bond motifs is 1. The number of amides is 1. The molecular formula is C22H26N6O3. The summed E-state index contributed by atoms with van der Waals surface area (Å²) in [6.07, 6.45) is 3.60. The van der Waals surface area contributed by atoms with Crippen LogP contribution in [-0.2, 0) is 6.54 Å². The molecule has 1 fully saturated rings. The molecule has 0 atom stereocenters. The van der Waals surface area contributed by atoms with Gasteiger partial charge >= 0.3 is 5.69 Å². The second-order valence-corrected chi connectivity index (χ2v) is 7.63. The Bertz CT molecular complexity index is 1210. The molecule has 1 aromatic carbocycles. The minimum Gasteiger partial charge on any atom is -0.382 e.